The van der Waals surface area contributed by atoms with Crippen LogP contribution < -0.4 is 21.7 Å². The van der Waals surface area contributed by atoms with E-state index in [1.807, 2.05) is 0 Å². The molecule has 0 rings (SSSR count). The van der Waals surface area contributed by atoms with Gasteiger partial charge in [-0.25, -0.2) is 4.79 Å². The minimum absolute atomic E-state index is 0.282. The zero-order valence-electron chi connectivity index (χ0n) is 18.6. The van der Waals surface area contributed by atoms with Crippen LogP contribution in [-0.4, -0.2) is 86.3 Å². The summed E-state index contributed by atoms with van der Waals surface area (Å²) in [6.45, 7) is 4.53. The smallest absolute Gasteiger partial charge is 0.326 e. The summed E-state index contributed by atoms with van der Waals surface area (Å²) in [7, 11) is 0. The highest BCUT2D eigenvalue weighted by Crippen LogP contribution is 2.06. The van der Waals surface area contributed by atoms with Crippen LogP contribution in [0.15, 0.2) is 0 Å². The lowest BCUT2D eigenvalue weighted by Gasteiger charge is -2.26. The first-order valence-corrected chi connectivity index (χ1v) is 10.2. The van der Waals surface area contributed by atoms with Crippen molar-refractivity contribution in [2.75, 3.05) is 0 Å². The molecule has 3 amide bonds. The number of nitrogens with two attached hydrogens (primary N) is 1. The molecule has 9 N–H and O–H groups in total. The number of aliphatic carboxylic acids is 3. The highest BCUT2D eigenvalue weighted by molar-refractivity contribution is 5.94. The van der Waals surface area contributed by atoms with Crippen molar-refractivity contribution in [1.82, 2.24) is 16.0 Å². The van der Waals surface area contributed by atoms with Gasteiger partial charge in [0.1, 0.15) is 18.1 Å². The second-order valence-corrected chi connectivity index (χ2v) is 7.82. The van der Waals surface area contributed by atoms with Gasteiger partial charge in [-0.05, 0) is 25.7 Å². The molecule has 0 heterocycles. The highest BCUT2D eigenvalue weighted by Gasteiger charge is 2.33. The Bertz CT molecular complexity index is 740. The van der Waals surface area contributed by atoms with Crippen LogP contribution in [0.2, 0.25) is 0 Å². The van der Waals surface area contributed by atoms with Crippen LogP contribution in [0.3, 0.4) is 0 Å². The molecule has 0 radical (unpaired) electrons. The molecule has 5 atom stereocenters. The van der Waals surface area contributed by atoms with E-state index in [0.29, 0.717) is 0 Å². The quantitative estimate of drug-likeness (QED) is 0.124. The van der Waals surface area contributed by atoms with E-state index in [1.165, 1.54) is 6.92 Å². The maximum Gasteiger partial charge on any atom is 0.326 e. The lowest BCUT2D eigenvalue weighted by Crippen LogP contribution is -2.60. The van der Waals surface area contributed by atoms with Crippen molar-refractivity contribution in [2.24, 2.45) is 11.7 Å². The largest absolute Gasteiger partial charge is 0.481 e. The van der Waals surface area contributed by atoms with Crippen molar-refractivity contribution >= 4 is 35.6 Å². The normalized spacial score (nSPS) is 15.5. The lowest BCUT2D eigenvalue weighted by atomic mass is 10.0. The Kier molecular flexibility index (Phi) is 12.6. The molecule has 5 unspecified atom stereocenters. The van der Waals surface area contributed by atoms with E-state index in [-0.39, 0.29) is 5.92 Å². The molecule has 0 spiro atoms. The summed E-state index contributed by atoms with van der Waals surface area (Å²) in [5, 5.41) is 43.3. The van der Waals surface area contributed by atoms with Crippen molar-refractivity contribution in [3.8, 4) is 0 Å². The first-order valence-electron chi connectivity index (χ1n) is 10.2. The average Bonchev–Trinajstić information content (AvgIpc) is 2.69. The van der Waals surface area contributed by atoms with Crippen LogP contribution in [0, 0.1) is 5.92 Å². The Morgan fingerprint density at radius 1 is 0.727 bits per heavy atom. The number of rotatable bonds is 15. The van der Waals surface area contributed by atoms with Crippen LogP contribution >= 0.6 is 0 Å². The molecule has 0 saturated carbocycles. The highest BCUT2D eigenvalue weighted by atomic mass is 16.4. The summed E-state index contributed by atoms with van der Waals surface area (Å²) in [5.41, 5.74) is 5.72. The minimum atomic E-state index is -1.60. The number of carboxylic acid groups (broad SMARTS) is 3. The molecule has 0 bridgehead atoms. The van der Waals surface area contributed by atoms with Gasteiger partial charge >= 0.3 is 17.9 Å². The van der Waals surface area contributed by atoms with Crippen LogP contribution in [-0.2, 0) is 28.8 Å². The SMILES string of the molecule is CC(C)C(N)C(=O)NC(C(=O)NC(CCC(=O)O)C(=O)NC(CCC(=O)O)C(=O)O)C(C)O. The molecule has 0 aromatic heterocycles. The minimum Gasteiger partial charge on any atom is -0.481 e. The second kappa shape index (κ2) is 14.0. The number of hydrogen-bond acceptors (Lipinski definition) is 8. The molecule has 0 fully saturated rings. The number of carbonyl (C=O) groups is 6. The van der Waals surface area contributed by atoms with Gasteiger partial charge < -0.3 is 42.1 Å². The zero-order valence-corrected chi connectivity index (χ0v) is 18.6. The topological polar surface area (TPSA) is 245 Å². The number of amides is 3. The molecule has 33 heavy (non-hydrogen) atoms. The first-order chi connectivity index (χ1) is 15.2. The monoisotopic (exact) mass is 476 g/mol. The predicted molar refractivity (Wildman–Crippen MR) is 112 cm³/mol. The zero-order chi connectivity index (χ0) is 25.9. The van der Waals surface area contributed by atoms with Gasteiger partial charge in [0.05, 0.1) is 12.1 Å². The fourth-order valence-electron chi connectivity index (χ4n) is 2.55. The molecule has 0 aliphatic rings. The van der Waals surface area contributed by atoms with Gasteiger partial charge in [0, 0.05) is 12.8 Å². The van der Waals surface area contributed by atoms with Crippen molar-refractivity contribution < 1.29 is 49.2 Å². The molecule has 14 nitrogen and oxygen atoms in total. The van der Waals surface area contributed by atoms with Gasteiger partial charge in [-0.2, -0.15) is 0 Å². The number of hydrogen-bond donors (Lipinski definition) is 8. The van der Waals surface area contributed by atoms with Crippen LogP contribution in [0.25, 0.3) is 0 Å². The second-order valence-electron chi connectivity index (χ2n) is 7.82. The maximum absolute atomic E-state index is 12.7. The number of aliphatic hydroxyl groups is 1. The summed E-state index contributed by atoms with van der Waals surface area (Å²) >= 11 is 0. The van der Waals surface area contributed by atoms with Gasteiger partial charge in [0.15, 0.2) is 0 Å². The fraction of sp³-hybridized carbons (Fsp3) is 0.684. The summed E-state index contributed by atoms with van der Waals surface area (Å²) in [5.74, 6) is -7.24. The van der Waals surface area contributed by atoms with Crippen LogP contribution in [0.4, 0.5) is 0 Å². The molecular weight excluding hydrogens is 444 g/mol. The third-order valence-electron chi connectivity index (χ3n) is 4.62. The molecule has 188 valence electrons. The van der Waals surface area contributed by atoms with Gasteiger partial charge in [-0.1, -0.05) is 13.8 Å². The summed E-state index contributed by atoms with van der Waals surface area (Å²) in [6.07, 6.45) is -3.44. The van der Waals surface area contributed by atoms with Gasteiger partial charge in [-0.3, -0.25) is 24.0 Å². The van der Waals surface area contributed by atoms with Crippen LogP contribution in [0.5, 0.6) is 0 Å². The van der Waals surface area contributed by atoms with Gasteiger partial charge in [0.2, 0.25) is 17.7 Å². The molecule has 14 heteroatoms. The average molecular weight is 476 g/mol. The van der Waals surface area contributed by atoms with Crippen LogP contribution in [0.1, 0.15) is 46.5 Å². The van der Waals surface area contributed by atoms with Crippen molar-refractivity contribution in [1.29, 1.82) is 0 Å². The Balaban J connectivity index is 5.53. The molecule has 0 aromatic carbocycles. The van der Waals surface area contributed by atoms with Gasteiger partial charge in [0.25, 0.3) is 0 Å². The van der Waals surface area contributed by atoms with E-state index in [0.717, 1.165) is 0 Å². The molecular formula is C19H32N4O10. The first kappa shape index (κ1) is 29.7. The van der Waals surface area contributed by atoms with Crippen molar-refractivity contribution in [2.45, 2.75) is 76.7 Å². The van der Waals surface area contributed by atoms with E-state index in [1.54, 1.807) is 13.8 Å². The molecule has 0 aliphatic carbocycles. The Morgan fingerprint density at radius 2 is 1.18 bits per heavy atom. The number of carbonyl (C=O) groups excluding carboxylic acids is 3. The van der Waals surface area contributed by atoms with E-state index in [4.69, 9.17) is 15.9 Å². The fourth-order valence-corrected chi connectivity index (χ4v) is 2.55. The van der Waals surface area contributed by atoms with Crippen molar-refractivity contribution in [3.05, 3.63) is 0 Å². The third-order valence-corrected chi connectivity index (χ3v) is 4.62. The number of carboxylic acids is 3. The maximum atomic E-state index is 12.7. The molecule has 0 aliphatic heterocycles. The Hall–Kier alpha value is -3.26. The number of nitrogens with one attached hydrogen (secondary N) is 3. The Morgan fingerprint density at radius 3 is 1.58 bits per heavy atom. The standard InChI is InChI=1S/C19H32N4O10/c1-8(2)14(20)17(30)23-15(9(3)24)18(31)21-10(4-6-12(25)26)16(29)22-11(19(32)33)5-7-13(27)28/h8-11,14-15,24H,4-7,20H2,1-3H3,(H,21,31)(H,22,29)(H,23,30)(H,25,26)(H,27,28)(H,32,33). The van der Waals surface area contributed by atoms with E-state index in [2.05, 4.69) is 16.0 Å². The molecule has 0 saturated heterocycles. The van der Waals surface area contributed by atoms with Crippen molar-refractivity contribution in [3.63, 3.8) is 0 Å². The summed E-state index contributed by atoms with van der Waals surface area (Å²) in [6, 6.07) is -5.67. The van der Waals surface area contributed by atoms with Gasteiger partial charge in [-0.15, -0.1) is 0 Å². The third kappa shape index (κ3) is 11.2. The number of aliphatic hydroxyl groups excluding tert-OH is 1. The van der Waals surface area contributed by atoms with E-state index >= 15 is 0 Å². The summed E-state index contributed by atoms with van der Waals surface area (Å²) < 4.78 is 0. The van der Waals surface area contributed by atoms with E-state index < -0.39 is 91.6 Å². The summed E-state index contributed by atoms with van der Waals surface area (Å²) in [4.78, 5) is 70.3. The lowest BCUT2D eigenvalue weighted by molar-refractivity contribution is -0.144. The molecule has 0 aromatic rings. The van der Waals surface area contributed by atoms with E-state index in [9.17, 15) is 39.0 Å². The predicted octanol–water partition coefficient (Wildman–Crippen LogP) is -2.38. The Labute approximate surface area is 189 Å².